The molecule has 0 fully saturated rings. The number of nitro groups is 1. The number of halogens is 2. The maximum Gasteiger partial charge on any atom is 0.271 e. The lowest BCUT2D eigenvalue weighted by Gasteiger charge is -2.06. The van der Waals surface area contributed by atoms with E-state index < -0.39 is 10.8 Å². The molecule has 0 aromatic heterocycles. The van der Waals surface area contributed by atoms with Gasteiger partial charge in [0.25, 0.3) is 5.69 Å². The highest BCUT2D eigenvalue weighted by Crippen LogP contribution is 2.20. The third kappa shape index (κ3) is 4.89. The van der Waals surface area contributed by atoms with Crippen LogP contribution in [0.1, 0.15) is 6.92 Å². The first kappa shape index (κ1) is 14.8. The molecule has 0 saturated carbocycles. The lowest BCUT2D eigenvalue weighted by Crippen LogP contribution is -1.99. The highest BCUT2D eigenvalue weighted by molar-refractivity contribution is 6.64. The van der Waals surface area contributed by atoms with Gasteiger partial charge in [0.1, 0.15) is 5.17 Å². The smallest absolute Gasteiger partial charge is 0.271 e. The Labute approximate surface area is 114 Å². The second kappa shape index (κ2) is 6.65. The average Bonchev–Trinajstić information content (AvgIpc) is 2.36. The van der Waals surface area contributed by atoms with Crippen LogP contribution < -0.4 is 5.32 Å². The largest absolute Gasteiger partial charge is 0.353 e. The van der Waals surface area contributed by atoms with Gasteiger partial charge in [-0.2, -0.15) is 0 Å². The minimum absolute atomic E-state index is 0.0674. The molecule has 5 nitrogen and oxygen atoms in total. The van der Waals surface area contributed by atoms with Crippen LogP contribution in [0, 0.1) is 10.1 Å². The minimum Gasteiger partial charge on any atom is -0.353 e. The van der Waals surface area contributed by atoms with Crippen LogP contribution in [-0.2, 0) is 0 Å². The van der Waals surface area contributed by atoms with Crippen molar-refractivity contribution in [2.24, 2.45) is 4.99 Å². The van der Waals surface area contributed by atoms with E-state index in [0.717, 1.165) is 6.20 Å². The van der Waals surface area contributed by atoms with Crippen molar-refractivity contribution >= 4 is 28.1 Å². The van der Waals surface area contributed by atoms with Crippen LogP contribution in [0.15, 0.2) is 53.6 Å². The Bertz CT molecular complexity index is 566. The van der Waals surface area contributed by atoms with Crippen molar-refractivity contribution < 1.29 is 9.31 Å². The number of non-ortho nitro benzene ring substituents is 1. The number of anilines is 1. The summed E-state index contributed by atoms with van der Waals surface area (Å²) >= 11 is 5.46. The maximum absolute atomic E-state index is 13.5. The molecule has 0 amide bonds. The number of hydrogen-bond acceptors (Lipinski definition) is 4. The predicted octanol–water partition coefficient (Wildman–Crippen LogP) is 3.99. The topological polar surface area (TPSA) is 67.5 Å². The van der Waals surface area contributed by atoms with Crippen LogP contribution in [0.2, 0.25) is 0 Å². The number of hydrogen-bond donors (Lipinski definition) is 1. The Morgan fingerprint density at radius 3 is 2.89 bits per heavy atom. The van der Waals surface area contributed by atoms with Crippen molar-refractivity contribution in [1.82, 2.24) is 0 Å². The second-order valence-electron chi connectivity index (χ2n) is 3.51. The van der Waals surface area contributed by atoms with Gasteiger partial charge in [0.2, 0.25) is 0 Å². The Kier molecular flexibility index (Phi) is 5.20. The zero-order chi connectivity index (χ0) is 14.4. The molecule has 7 heteroatoms. The van der Waals surface area contributed by atoms with Crippen LogP contribution in [0.25, 0.3) is 0 Å². The standard InChI is InChI=1S/C12H11ClFN3O2/c1-8(12(14)7-15-9(2)13)16-10-4-3-5-11(6-10)17(18)19/h3-7,16H,1H2,2H3/b12-7+,15-9+. The normalized spacial score (nSPS) is 12.2. The molecular weight excluding hydrogens is 273 g/mol. The number of nitro benzene ring substituents is 1. The molecule has 0 atom stereocenters. The molecule has 19 heavy (non-hydrogen) atoms. The molecule has 0 aliphatic carbocycles. The van der Waals surface area contributed by atoms with Crippen molar-refractivity contribution in [1.29, 1.82) is 0 Å². The van der Waals surface area contributed by atoms with Gasteiger partial charge in [-0.05, 0) is 13.0 Å². The summed E-state index contributed by atoms with van der Waals surface area (Å²) in [4.78, 5) is 13.6. The summed E-state index contributed by atoms with van der Waals surface area (Å²) in [5.41, 5.74) is 0.188. The van der Waals surface area contributed by atoms with Crippen LogP contribution in [0.3, 0.4) is 0 Å². The first-order valence-corrected chi connectivity index (χ1v) is 5.54. The summed E-state index contributed by atoms with van der Waals surface area (Å²) < 4.78 is 13.5. The number of nitrogens with one attached hydrogen (secondary N) is 1. The lowest BCUT2D eigenvalue weighted by atomic mass is 10.2. The molecular formula is C12H11ClFN3O2. The number of rotatable bonds is 5. The molecule has 0 aliphatic rings. The van der Waals surface area contributed by atoms with Crippen molar-refractivity contribution in [2.45, 2.75) is 6.92 Å². The molecule has 0 saturated heterocycles. The van der Waals surface area contributed by atoms with E-state index in [4.69, 9.17) is 11.6 Å². The molecule has 100 valence electrons. The van der Waals surface area contributed by atoms with Crippen molar-refractivity contribution in [3.05, 3.63) is 58.7 Å². The Morgan fingerprint density at radius 1 is 1.63 bits per heavy atom. The van der Waals surface area contributed by atoms with Gasteiger partial charge in [0.05, 0.1) is 16.8 Å². The molecule has 0 heterocycles. The van der Waals surface area contributed by atoms with Crippen LogP contribution in [0.5, 0.6) is 0 Å². The van der Waals surface area contributed by atoms with Gasteiger partial charge in [-0.1, -0.05) is 24.2 Å². The van der Waals surface area contributed by atoms with Gasteiger partial charge in [0, 0.05) is 17.8 Å². The maximum atomic E-state index is 13.5. The highest BCUT2D eigenvalue weighted by Gasteiger charge is 2.07. The van der Waals surface area contributed by atoms with Crippen LogP contribution in [0.4, 0.5) is 15.8 Å². The fraction of sp³-hybridized carbons (Fsp3) is 0.0833. The molecule has 0 radical (unpaired) electrons. The van der Waals surface area contributed by atoms with Gasteiger partial charge in [-0.15, -0.1) is 0 Å². The van der Waals surface area contributed by atoms with E-state index in [1.165, 1.54) is 25.1 Å². The van der Waals surface area contributed by atoms with E-state index in [1.807, 2.05) is 0 Å². The zero-order valence-corrected chi connectivity index (χ0v) is 10.8. The number of aliphatic imine (C=N–C) groups is 1. The van der Waals surface area contributed by atoms with E-state index in [-0.39, 0.29) is 16.6 Å². The first-order valence-electron chi connectivity index (χ1n) is 5.16. The number of benzene rings is 1. The summed E-state index contributed by atoms with van der Waals surface area (Å²) in [6.07, 6.45) is 0.912. The van der Waals surface area contributed by atoms with Crippen molar-refractivity contribution in [3.63, 3.8) is 0 Å². The Balaban J connectivity index is 2.82. The summed E-state index contributed by atoms with van der Waals surface area (Å²) in [6, 6.07) is 5.65. The summed E-state index contributed by atoms with van der Waals surface area (Å²) in [7, 11) is 0. The average molecular weight is 284 g/mol. The number of allylic oxidation sites excluding steroid dienone is 1. The molecule has 1 aromatic rings. The van der Waals surface area contributed by atoms with E-state index in [2.05, 4.69) is 16.9 Å². The molecule has 1 N–H and O–H groups in total. The SMILES string of the molecule is C=C(Nc1cccc([N+](=O)[O-])c1)/C(F)=C\N=C(/C)Cl. The molecule has 0 unspecified atom stereocenters. The fourth-order valence-electron chi connectivity index (χ4n) is 1.15. The molecule has 1 aromatic carbocycles. The lowest BCUT2D eigenvalue weighted by molar-refractivity contribution is -0.384. The van der Waals surface area contributed by atoms with E-state index in [9.17, 15) is 14.5 Å². The zero-order valence-electron chi connectivity index (χ0n) is 10.1. The van der Waals surface area contributed by atoms with Crippen LogP contribution >= 0.6 is 11.6 Å². The highest BCUT2D eigenvalue weighted by atomic mass is 35.5. The Morgan fingerprint density at radius 2 is 2.32 bits per heavy atom. The van der Waals surface area contributed by atoms with Gasteiger partial charge in [0.15, 0.2) is 5.83 Å². The van der Waals surface area contributed by atoms with E-state index >= 15 is 0 Å². The van der Waals surface area contributed by atoms with Gasteiger partial charge < -0.3 is 5.32 Å². The third-order valence-corrected chi connectivity index (χ3v) is 2.09. The minimum atomic E-state index is -0.716. The molecule has 0 spiro atoms. The van der Waals surface area contributed by atoms with Gasteiger partial charge in [-0.3, -0.25) is 10.1 Å². The van der Waals surface area contributed by atoms with E-state index in [0.29, 0.717) is 5.69 Å². The van der Waals surface area contributed by atoms with Gasteiger partial charge >= 0.3 is 0 Å². The van der Waals surface area contributed by atoms with Crippen molar-refractivity contribution in [2.75, 3.05) is 5.32 Å². The van der Waals surface area contributed by atoms with E-state index in [1.54, 1.807) is 6.07 Å². The monoisotopic (exact) mass is 283 g/mol. The quantitative estimate of drug-likeness (QED) is 0.384. The molecule has 0 bridgehead atoms. The fourth-order valence-corrected chi connectivity index (χ4v) is 1.20. The van der Waals surface area contributed by atoms with Gasteiger partial charge in [-0.25, -0.2) is 9.38 Å². The third-order valence-electron chi connectivity index (χ3n) is 2.00. The Hall–Kier alpha value is -2.21. The summed E-state index contributed by atoms with van der Waals surface area (Å²) in [6.45, 7) is 4.97. The molecule has 0 aliphatic heterocycles. The first-order chi connectivity index (χ1) is 8.90. The van der Waals surface area contributed by atoms with Crippen LogP contribution in [-0.4, -0.2) is 10.1 Å². The molecule has 1 rings (SSSR count). The predicted molar refractivity (Wildman–Crippen MR) is 74.0 cm³/mol. The second-order valence-corrected chi connectivity index (χ2v) is 4.06. The number of nitrogens with zero attached hydrogens (tertiary/aromatic N) is 2. The summed E-state index contributed by atoms with van der Waals surface area (Å²) in [5.74, 6) is -0.716. The van der Waals surface area contributed by atoms with Crippen molar-refractivity contribution in [3.8, 4) is 0 Å². The summed E-state index contributed by atoms with van der Waals surface area (Å²) in [5, 5.41) is 13.4.